The summed E-state index contributed by atoms with van der Waals surface area (Å²) in [5.41, 5.74) is 6.05. The minimum absolute atomic E-state index is 0.0956. The highest BCUT2D eigenvalue weighted by Gasteiger charge is 2.28. The van der Waals surface area contributed by atoms with E-state index in [1.807, 2.05) is 73.7 Å². The average Bonchev–Trinajstić information content (AvgIpc) is 3.74. The molecule has 0 aromatic heterocycles. The first-order chi connectivity index (χ1) is 27.8. The number of nitrogens with one attached hydrogen (secondary N) is 2. The predicted octanol–water partition coefficient (Wildman–Crippen LogP) is 9.34. The van der Waals surface area contributed by atoms with Crippen molar-refractivity contribution >= 4 is 17.3 Å². The van der Waals surface area contributed by atoms with Crippen LogP contribution >= 0.6 is 0 Å². The molecule has 2 N–H and O–H groups in total. The number of oxime groups is 1. The maximum absolute atomic E-state index is 12.7. The molecule has 4 aromatic rings. The van der Waals surface area contributed by atoms with Crippen molar-refractivity contribution < 1.29 is 42.8 Å². The molecule has 0 saturated carbocycles. The van der Waals surface area contributed by atoms with Crippen LogP contribution < -0.4 is 43.8 Å². The molecular formula is C45H55N3O9. The highest BCUT2D eigenvalue weighted by Crippen LogP contribution is 2.43. The lowest BCUT2D eigenvalue weighted by molar-refractivity contribution is 0.0853. The summed E-state index contributed by atoms with van der Waals surface area (Å²) in [6, 6.07) is 21.3. The Kier molecular flexibility index (Phi) is 14.3. The zero-order valence-electron chi connectivity index (χ0n) is 33.9. The number of nitrogens with zero attached hydrogens (tertiary/aromatic N) is 1. The number of methoxy groups -OCH3 is 5. The van der Waals surface area contributed by atoms with E-state index in [1.165, 1.54) is 25.7 Å². The monoisotopic (exact) mass is 781 g/mol. The van der Waals surface area contributed by atoms with Crippen LogP contribution in [0.1, 0.15) is 103 Å². The molecule has 2 heterocycles. The first-order valence-electron chi connectivity index (χ1n) is 19.7. The lowest BCUT2D eigenvalue weighted by Crippen LogP contribution is -2.38. The quantitative estimate of drug-likeness (QED) is 0.0790. The maximum Gasteiger partial charge on any atom is 0.255 e. The summed E-state index contributed by atoms with van der Waals surface area (Å²) in [6.07, 6.45) is 8.80. The lowest BCUT2D eigenvalue weighted by Gasteiger charge is -2.28. The van der Waals surface area contributed by atoms with Gasteiger partial charge in [-0.15, -0.1) is 0 Å². The van der Waals surface area contributed by atoms with Crippen LogP contribution in [0.3, 0.4) is 0 Å². The Morgan fingerprint density at radius 2 is 1.23 bits per heavy atom. The van der Waals surface area contributed by atoms with Crippen molar-refractivity contribution in [3.63, 3.8) is 0 Å². The van der Waals surface area contributed by atoms with Gasteiger partial charge in [0.1, 0.15) is 6.17 Å². The van der Waals surface area contributed by atoms with Crippen LogP contribution in [-0.4, -0.2) is 60.4 Å². The number of carbonyl (C=O) groups excluding carboxylic acids is 1. The lowest BCUT2D eigenvalue weighted by atomic mass is 9.99. The van der Waals surface area contributed by atoms with Gasteiger partial charge in [0.15, 0.2) is 40.6 Å². The van der Waals surface area contributed by atoms with Gasteiger partial charge in [-0.25, -0.2) is 0 Å². The third kappa shape index (κ3) is 10.2. The number of hydrogen-bond donors (Lipinski definition) is 2. The van der Waals surface area contributed by atoms with Crippen molar-refractivity contribution in [2.24, 2.45) is 5.16 Å². The second-order valence-electron chi connectivity index (χ2n) is 14.2. The fourth-order valence-corrected chi connectivity index (χ4v) is 7.13. The number of anilines is 1. The SMILES string of the molecule is COc1cc(C2NC(=O)c3cc(C)ccc3N2)ccc1OCCCCCCCCCCOc1cc(C2=NOC(c3cc(OC)c(OC)c(OC)c3)C2)ccc1OC. The molecule has 0 aliphatic carbocycles. The van der Waals surface area contributed by atoms with E-state index in [9.17, 15) is 4.79 Å². The summed E-state index contributed by atoms with van der Waals surface area (Å²) in [4.78, 5) is 18.6. The Hall–Kier alpha value is -5.78. The summed E-state index contributed by atoms with van der Waals surface area (Å²) in [7, 11) is 8.06. The first kappa shape index (κ1) is 40.9. The van der Waals surface area contributed by atoms with E-state index in [2.05, 4.69) is 15.8 Å². The Morgan fingerprint density at radius 3 is 1.88 bits per heavy atom. The van der Waals surface area contributed by atoms with E-state index < -0.39 is 0 Å². The van der Waals surface area contributed by atoms with Crippen LogP contribution in [0.15, 0.2) is 71.9 Å². The van der Waals surface area contributed by atoms with Gasteiger partial charge in [0.25, 0.3) is 5.91 Å². The van der Waals surface area contributed by atoms with Crippen molar-refractivity contribution in [2.45, 2.75) is 77.0 Å². The number of carbonyl (C=O) groups is 1. The Balaban J connectivity index is 0.861. The standard InChI is InChI=1S/C45H55N3O9/c1-29-15-18-34-33(23-29)45(49)47-44(46-34)31-17-20-37(39(25-31)51-3)55-21-13-11-9-7-8-10-12-14-22-56-40-24-30(16-19-36(40)50-2)35-28-38(57-48-35)32-26-41(52-4)43(54-6)42(27-32)53-5/h15-20,23-27,38,44,46H,7-14,21-22,28H2,1-6H3,(H,47,49). The fraction of sp³-hybridized carbons (Fsp3) is 0.422. The summed E-state index contributed by atoms with van der Waals surface area (Å²) < 4.78 is 40.0. The number of unbranched alkanes of at least 4 members (excludes halogenated alkanes) is 7. The van der Waals surface area contributed by atoms with Gasteiger partial charge in [-0.3, -0.25) is 4.79 Å². The maximum atomic E-state index is 12.7. The topological polar surface area (TPSA) is 127 Å². The van der Waals surface area contributed by atoms with Gasteiger partial charge in [-0.2, -0.15) is 0 Å². The average molecular weight is 782 g/mol. The van der Waals surface area contributed by atoms with Gasteiger partial charge >= 0.3 is 0 Å². The van der Waals surface area contributed by atoms with E-state index in [4.69, 9.17) is 38.0 Å². The second kappa shape index (κ2) is 19.9. The molecule has 2 aliphatic rings. The number of rotatable bonds is 21. The van der Waals surface area contributed by atoms with Gasteiger partial charge in [0.2, 0.25) is 5.75 Å². The highest BCUT2D eigenvalue weighted by molar-refractivity contribution is 6.02. The molecule has 1 amide bonds. The van der Waals surface area contributed by atoms with Crippen LogP contribution in [-0.2, 0) is 4.84 Å². The predicted molar refractivity (Wildman–Crippen MR) is 220 cm³/mol. The molecule has 0 radical (unpaired) electrons. The molecule has 0 spiro atoms. The molecule has 4 aromatic carbocycles. The molecule has 12 heteroatoms. The molecule has 0 fully saturated rings. The molecule has 304 valence electrons. The van der Waals surface area contributed by atoms with Crippen LogP contribution in [0.4, 0.5) is 5.69 Å². The third-order valence-electron chi connectivity index (χ3n) is 10.3. The molecule has 0 bridgehead atoms. The van der Waals surface area contributed by atoms with Crippen molar-refractivity contribution in [1.82, 2.24) is 5.32 Å². The van der Waals surface area contributed by atoms with Gasteiger partial charge < -0.3 is 48.6 Å². The number of hydrogen-bond acceptors (Lipinski definition) is 11. The van der Waals surface area contributed by atoms with Crippen LogP contribution in [0, 0.1) is 6.92 Å². The molecule has 57 heavy (non-hydrogen) atoms. The zero-order chi connectivity index (χ0) is 40.1. The molecule has 2 atom stereocenters. The van der Waals surface area contributed by atoms with E-state index in [-0.39, 0.29) is 18.2 Å². The molecule has 6 rings (SSSR count). The fourth-order valence-electron chi connectivity index (χ4n) is 7.13. The third-order valence-corrected chi connectivity index (χ3v) is 10.3. The molecule has 2 aliphatic heterocycles. The number of benzene rings is 4. The van der Waals surface area contributed by atoms with Gasteiger partial charge in [-0.05, 0) is 79.9 Å². The van der Waals surface area contributed by atoms with E-state index in [0.717, 1.165) is 59.3 Å². The Labute approximate surface area is 335 Å². The number of aryl methyl sites for hydroxylation is 1. The Bertz CT molecular complexity index is 1990. The van der Waals surface area contributed by atoms with Crippen molar-refractivity contribution in [3.05, 3.63) is 94.5 Å². The van der Waals surface area contributed by atoms with E-state index >= 15 is 0 Å². The van der Waals surface area contributed by atoms with Crippen molar-refractivity contribution in [1.29, 1.82) is 0 Å². The Morgan fingerprint density at radius 1 is 0.614 bits per heavy atom. The first-order valence-corrected chi connectivity index (χ1v) is 19.7. The summed E-state index contributed by atoms with van der Waals surface area (Å²) >= 11 is 0. The smallest absolute Gasteiger partial charge is 0.255 e. The number of fused-ring (bicyclic) bond motifs is 1. The van der Waals surface area contributed by atoms with Crippen LogP contribution in [0.25, 0.3) is 0 Å². The van der Waals surface area contributed by atoms with Crippen molar-refractivity contribution in [3.8, 4) is 40.2 Å². The minimum Gasteiger partial charge on any atom is -0.493 e. The summed E-state index contributed by atoms with van der Waals surface area (Å²) in [5, 5.41) is 10.9. The molecule has 0 saturated heterocycles. The van der Waals surface area contributed by atoms with Crippen molar-refractivity contribution in [2.75, 3.05) is 54.1 Å². The molecule has 12 nitrogen and oxygen atoms in total. The van der Waals surface area contributed by atoms with Gasteiger partial charge in [0.05, 0.1) is 60.0 Å². The van der Waals surface area contributed by atoms with Crippen LogP contribution in [0.2, 0.25) is 0 Å². The van der Waals surface area contributed by atoms with Crippen LogP contribution in [0.5, 0.6) is 40.2 Å². The van der Waals surface area contributed by atoms with E-state index in [0.29, 0.717) is 65.4 Å². The summed E-state index contributed by atoms with van der Waals surface area (Å²) in [5.74, 6) is 4.31. The normalized spacial score (nSPS) is 15.7. The number of amides is 1. The van der Waals surface area contributed by atoms with E-state index in [1.54, 1.807) is 35.5 Å². The second-order valence-corrected chi connectivity index (χ2v) is 14.2. The van der Waals surface area contributed by atoms with Gasteiger partial charge in [0, 0.05) is 23.2 Å². The molecular weight excluding hydrogens is 727 g/mol. The highest BCUT2D eigenvalue weighted by atomic mass is 16.6. The summed E-state index contributed by atoms with van der Waals surface area (Å²) in [6.45, 7) is 3.21. The zero-order valence-corrected chi connectivity index (χ0v) is 33.9. The largest absolute Gasteiger partial charge is 0.493 e. The van der Waals surface area contributed by atoms with Gasteiger partial charge in [-0.1, -0.05) is 61.4 Å². The molecule has 2 unspecified atom stereocenters. The minimum atomic E-state index is -0.351. The number of ether oxygens (including phenoxy) is 7.